The first-order valence-electron chi connectivity index (χ1n) is 9.02. The van der Waals surface area contributed by atoms with E-state index in [0.29, 0.717) is 34.8 Å². The summed E-state index contributed by atoms with van der Waals surface area (Å²) in [6, 6.07) is 10.6. The van der Waals surface area contributed by atoms with Crippen LogP contribution in [0.15, 0.2) is 47.6 Å². The zero-order valence-electron chi connectivity index (χ0n) is 16.1. The van der Waals surface area contributed by atoms with E-state index in [0.717, 1.165) is 0 Å². The number of halogens is 1. The molecule has 1 amide bonds. The average molecular weight is 400 g/mol. The molecule has 2 aromatic carbocycles. The van der Waals surface area contributed by atoms with Gasteiger partial charge in [0, 0.05) is 18.4 Å². The number of benzene rings is 2. The first-order chi connectivity index (χ1) is 13.9. The molecule has 29 heavy (non-hydrogen) atoms. The van der Waals surface area contributed by atoms with Gasteiger partial charge >= 0.3 is 5.97 Å². The summed E-state index contributed by atoms with van der Waals surface area (Å²) >= 11 is 0. The normalized spacial score (nSPS) is 15.8. The molecular formula is C21H21FN2O5. The second-order valence-electron chi connectivity index (χ2n) is 6.52. The van der Waals surface area contributed by atoms with Crippen LogP contribution in [0.3, 0.4) is 0 Å². The lowest BCUT2D eigenvalue weighted by Crippen LogP contribution is -2.27. The zero-order chi connectivity index (χ0) is 21.0. The monoisotopic (exact) mass is 400 g/mol. The van der Waals surface area contributed by atoms with Gasteiger partial charge in [0.2, 0.25) is 5.91 Å². The first kappa shape index (κ1) is 20.3. The van der Waals surface area contributed by atoms with Crippen molar-refractivity contribution in [2.45, 2.75) is 25.3 Å². The van der Waals surface area contributed by atoms with Crippen LogP contribution in [0, 0.1) is 5.82 Å². The summed E-state index contributed by atoms with van der Waals surface area (Å²) in [7, 11) is 3.08. The molecule has 0 bridgehead atoms. The number of hydrazone groups is 1. The summed E-state index contributed by atoms with van der Waals surface area (Å²) in [5.41, 5.74) is 1.97. The molecule has 7 nitrogen and oxygen atoms in total. The van der Waals surface area contributed by atoms with Gasteiger partial charge in [-0.05, 0) is 35.9 Å². The Kier molecular flexibility index (Phi) is 6.11. The number of rotatable bonds is 7. The van der Waals surface area contributed by atoms with E-state index in [2.05, 4.69) is 5.10 Å². The Hall–Kier alpha value is -3.42. The van der Waals surface area contributed by atoms with Gasteiger partial charge in [0.15, 0.2) is 0 Å². The van der Waals surface area contributed by atoms with Crippen molar-refractivity contribution >= 4 is 17.6 Å². The van der Waals surface area contributed by atoms with Gasteiger partial charge in [-0.2, -0.15) is 5.10 Å². The molecule has 3 rings (SSSR count). The molecule has 0 aliphatic carbocycles. The topological polar surface area (TPSA) is 88.4 Å². The van der Waals surface area contributed by atoms with Crippen LogP contribution in [0.2, 0.25) is 0 Å². The Bertz CT molecular complexity index is 943. The highest BCUT2D eigenvalue weighted by Crippen LogP contribution is 2.36. The number of carboxylic acid groups (broad SMARTS) is 1. The molecule has 0 unspecified atom stereocenters. The molecule has 1 aliphatic heterocycles. The first-order valence-corrected chi connectivity index (χ1v) is 9.02. The molecule has 1 atom stereocenters. The Balaban J connectivity index is 1.98. The van der Waals surface area contributed by atoms with Crippen molar-refractivity contribution in [2.75, 3.05) is 14.2 Å². The Morgan fingerprint density at radius 3 is 2.48 bits per heavy atom. The van der Waals surface area contributed by atoms with Crippen molar-refractivity contribution in [3.8, 4) is 11.5 Å². The number of carboxylic acids is 1. The summed E-state index contributed by atoms with van der Waals surface area (Å²) < 4.78 is 24.1. The molecule has 1 heterocycles. The number of ether oxygens (including phenoxy) is 2. The molecule has 0 saturated heterocycles. The minimum atomic E-state index is -1.06. The summed E-state index contributed by atoms with van der Waals surface area (Å²) in [6.45, 7) is 0. The Labute approximate surface area is 167 Å². The van der Waals surface area contributed by atoms with E-state index >= 15 is 0 Å². The summed E-state index contributed by atoms with van der Waals surface area (Å²) in [4.78, 5) is 23.5. The van der Waals surface area contributed by atoms with E-state index in [4.69, 9.17) is 14.6 Å². The van der Waals surface area contributed by atoms with E-state index in [9.17, 15) is 14.0 Å². The molecule has 1 N–H and O–H groups in total. The quantitative estimate of drug-likeness (QED) is 0.770. The van der Waals surface area contributed by atoms with Crippen LogP contribution in [0.25, 0.3) is 0 Å². The second kappa shape index (κ2) is 8.72. The molecule has 152 valence electrons. The van der Waals surface area contributed by atoms with E-state index in [-0.39, 0.29) is 18.7 Å². The van der Waals surface area contributed by atoms with Crippen molar-refractivity contribution in [2.24, 2.45) is 5.10 Å². The maximum Gasteiger partial charge on any atom is 0.303 e. The molecule has 0 spiro atoms. The molecule has 0 radical (unpaired) electrons. The second-order valence-corrected chi connectivity index (χ2v) is 6.52. The van der Waals surface area contributed by atoms with Crippen LogP contribution in [-0.4, -0.2) is 41.9 Å². The molecule has 0 fully saturated rings. The van der Waals surface area contributed by atoms with Crippen LogP contribution in [0.1, 0.15) is 36.4 Å². The van der Waals surface area contributed by atoms with E-state index in [1.807, 2.05) is 0 Å². The van der Waals surface area contributed by atoms with Gasteiger partial charge in [-0.1, -0.05) is 12.1 Å². The van der Waals surface area contributed by atoms with E-state index in [1.165, 1.54) is 24.3 Å². The van der Waals surface area contributed by atoms with Crippen LogP contribution in [0.5, 0.6) is 11.5 Å². The number of amides is 1. The standard InChI is InChI=1S/C21H21FN2O5/c1-28-15-7-8-19(29-2)16(11-15)17-12-18(13-3-5-14(22)6-4-13)24(23-17)20(25)9-10-21(26)27/h3-8,11,18H,9-10,12H2,1-2H3,(H,26,27)/t18-/m0/s1. The number of carbonyl (C=O) groups is 2. The van der Waals surface area contributed by atoms with Crippen LogP contribution in [-0.2, 0) is 9.59 Å². The Morgan fingerprint density at radius 2 is 1.86 bits per heavy atom. The summed E-state index contributed by atoms with van der Waals surface area (Å²) in [6.07, 6.45) is -0.105. The molecular weight excluding hydrogens is 379 g/mol. The van der Waals surface area contributed by atoms with Gasteiger partial charge in [-0.3, -0.25) is 9.59 Å². The largest absolute Gasteiger partial charge is 0.497 e. The van der Waals surface area contributed by atoms with Gasteiger partial charge < -0.3 is 14.6 Å². The highest BCUT2D eigenvalue weighted by molar-refractivity contribution is 6.05. The molecule has 1 aliphatic rings. The van der Waals surface area contributed by atoms with Gasteiger partial charge in [0.05, 0.1) is 32.4 Å². The van der Waals surface area contributed by atoms with Crippen LogP contribution < -0.4 is 9.47 Å². The minimum absolute atomic E-state index is 0.181. The third kappa shape index (κ3) is 4.53. The summed E-state index contributed by atoms with van der Waals surface area (Å²) in [5.74, 6) is -0.682. The van der Waals surface area contributed by atoms with Gasteiger partial charge in [0.25, 0.3) is 0 Å². The summed E-state index contributed by atoms with van der Waals surface area (Å²) in [5, 5.41) is 14.7. The minimum Gasteiger partial charge on any atom is -0.497 e. The van der Waals surface area contributed by atoms with E-state index < -0.39 is 17.9 Å². The van der Waals surface area contributed by atoms with Crippen LogP contribution in [0.4, 0.5) is 4.39 Å². The third-order valence-corrected chi connectivity index (χ3v) is 4.69. The van der Waals surface area contributed by atoms with Crippen LogP contribution >= 0.6 is 0 Å². The number of hydrogen-bond acceptors (Lipinski definition) is 5. The SMILES string of the molecule is COc1ccc(OC)c(C2=NN(C(=O)CCC(=O)O)[C@H](c3ccc(F)cc3)C2)c1. The lowest BCUT2D eigenvalue weighted by atomic mass is 9.97. The fourth-order valence-corrected chi connectivity index (χ4v) is 3.22. The van der Waals surface area contributed by atoms with Gasteiger partial charge in [-0.25, -0.2) is 9.40 Å². The van der Waals surface area contributed by atoms with Crippen molar-refractivity contribution < 1.29 is 28.6 Å². The van der Waals surface area contributed by atoms with Crippen molar-refractivity contribution in [3.05, 3.63) is 59.4 Å². The maximum atomic E-state index is 13.4. The lowest BCUT2D eigenvalue weighted by molar-refractivity contribution is -0.141. The smallest absolute Gasteiger partial charge is 0.303 e. The van der Waals surface area contributed by atoms with Crippen molar-refractivity contribution in [3.63, 3.8) is 0 Å². The predicted molar refractivity (Wildman–Crippen MR) is 104 cm³/mol. The number of carbonyl (C=O) groups excluding carboxylic acids is 1. The molecule has 0 saturated carbocycles. The van der Waals surface area contributed by atoms with Crippen molar-refractivity contribution in [1.82, 2.24) is 5.01 Å². The highest BCUT2D eigenvalue weighted by Gasteiger charge is 2.34. The fraction of sp³-hybridized carbons (Fsp3) is 0.286. The lowest BCUT2D eigenvalue weighted by Gasteiger charge is -2.21. The third-order valence-electron chi connectivity index (χ3n) is 4.69. The number of nitrogens with zero attached hydrogens (tertiary/aromatic N) is 2. The molecule has 2 aromatic rings. The fourth-order valence-electron chi connectivity index (χ4n) is 3.22. The molecule has 8 heteroatoms. The van der Waals surface area contributed by atoms with Crippen molar-refractivity contribution in [1.29, 1.82) is 0 Å². The zero-order valence-corrected chi connectivity index (χ0v) is 16.1. The molecule has 0 aromatic heterocycles. The number of aliphatic carboxylic acids is 1. The average Bonchev–Trinajstić information content (AvgIpc) is 3.17. The van der Waals surface area contributed by atoms with Gasteiger partial charge in [-0.15, -0.1) is 0 Å². The number of hydrogen-bond donors (Lipinski definition) is 1. The Morgan fingerprint density at radius 1 is 1.14 bits per heavy atom. The predicted octanol–water partition coefficient (Wildman–Crippen LogP) is 3.39. The number of methoxy groups -OCH3 is 2. The maximum absolute atomic E-state index is 13.4. The van der Waals surface area contributed by atoms with E-state index in [1.54, 1.807) is 37.4 Å². The highest BCUT2D eigenvalue weighted by atomic mass is 19.1. The van der Waals surface area contributed by atoms with Gasteiger partial charge in [0.1, 0.15) is 17.3 Å².